The molecule has 3 nitrogen and oxygen atoms in total. The summed E-state index contributed by atoms with van der Waals surface area (Å²) in [5.74, 6) is -0.643. The van der Waals surface area contributed by atoms with Gasteiger partial charge in [0.15, 0.2) is 0 Å². The van der Waals surface area contributed by atoms with Crippen LogP contribution in [0.15, 0.2) is 48.1 Å². The van der Waals surface area contributed by atoms with Gasteiger partial charge in [-0.1, -0.05) is 45.1 Å². The van der Waals surface area contributed by atoms with Gasteiger partial charge in [0.1, 0.15) is 5.75 Å². The van der Waals surface area contributed by atoms with Gasteiger partial charge < -0.3 is 10.2 Å². The van der Waals surface area contributed by atoms with Crippen molar-refractivity contribution in [1.82, 2.24) is 0 Å². The minimum Gasteiger partial charge on any atom is -0.508 e. The maximum atomic E-state index is 10.5. The van der Waals surface area contributed by atoms with E-state index < -0.39 is 5.97 Å². The Bertz CT molecular complexity index is 641. The van der Waals surface area contributed by atoms with Gasteiger partial charge in [-0.3, -0.25) is 0 Å². The Labute approximate surface area is 132 Å². The van der Waals surface area contributed by atoms with Gasteiger partial charge in [0.2, 0.25) is 0 Å². The predicted molar refractivity (Wildman–Crippen MR) is 91.0 cm³/mol. The lowest BCUT2D eigenvalue weighted by Crippen LogP contribution is -2.11. The van der Waals surface area contributed by atoms with Crippen molar-refractivity contribution in [3.8, 4) is 5.75 Å². The zero-order chi connectivity index (χ0) is 16.9. The molecule has 0 spiro atoms. The summed E-state index contributed by atoms with van der Waals surface area (Å²) in [5.41, 5.74) is 3.54. The first kappa shape index (κ1) is 17.8. The van der Waals surface area contributed by atoms with Crippen LogP contribution in [0.3, 0.4) is 0 Å². The molecule has 3 heteroatoms. The van der Waals surface area contributed by atoms with Crippen LogP contribution in [0, 0.1) is 0 Å². The fourth-order valence-electron chi connectivity index (χ4n) is 2.07. The van der Waals surface area contributed by atoms with Gasteiger partial charge in [-0.2, -0.15) is 0 Å². The average Bonchev–Trinajstić information content (AvgIpc) is 2.36. The molecule has 0 heterocycles. The van der Waals surface area contributed by atoms with Gasteiger partial charge in [-0.25, -0.2) is 4.79 Å². The number of phenols is 1. The normalized spacial score (nSPS) is 13.7. The number of carboxylic acids is 1. The molecule has 0 aliphatic carbocycles. The lowest BCUT2D eigenvalue weighted by atomic mass is 9.84. The lowest BCUT2D eigenvalue weighted by molar-refractivity contribution is -0.131. The van der Waals surface area contributed by atoms with Crippen molar-refractivity contribution in [1.29, 1.82) is 0 Å². The van der Waals surface area contributed by atoms with Gasteiger partial charge in [0, 0.05) is 6.08 Å². The largest absolute Gasteiger partial charge is 0.508 e. The molecule has 1 rings (SSSR count). The molecule has 0 aliphatic rings. The molecule has 0 bridgehead atoms. The second-order valence-electron chi connectivity index (χ2n) is 6.42. The van der Waals surface area contributed by atoms with E-state index in [0.717, 1.165) is 22.8 Å². The van der Waals surface area contributed by atoms with Crippen LogP contribution in [-0.4, -0.2) is 16.2 Å². The molecule has 0 aromatic heterocycles. The van der Waals surface area contributed by atoms with E-state index in [-0.39, 0.29) is 5.41 Å². The summed E-state index contributed by atoms with van der Waals surface area (Å²) in [4.78, 5) is 10.5. The number of aliphatic carboxylic acids is 1. The van der Waals surface area contributed by atoms with Crippen molar-refractivity contribution in [2.75, 3.05) is 0 Å². The number of allylic oxidation sites excluding steroid dienone is 5. The summed E-state index contributed by atoms with van der Waals surface area (Å²) in [6.07, 6.45) is 6.67. The second-order valence-corrected chi connectivity index (χ2v) is 6.42. The van der Waals surface area contributed by atoms with Crippen LogP contribution in [0.4, 0.5) is 0 Å². The molecule has 0 amide bonds. The summed E-state index contributed by atoms with van der Waals surface area (Å²) in [6, 6.07) is 5.59. The Morgan fingerprint density at radius 1 is 1.18 bits per heavy atom. The van der Waals surface area contributed by atoms with Gasteiger partial charge in [-0.05, 0) is 53.7 Å². The Kier molecular flexibility index (Phi) is 5.75. The van der Waals surface area contributed by atoms with Crippen molar-refractivity contribution in [2.45, 2.75) is 40.0 Å². The van der Waals surface area contributed by atoms with E-state index in [1.165, 1.54) is 0 Å². The summed E-state index contributed by atoms with van der Waals surface area (Å²) >= 11 is 0. The van der Waals surface area contributed by atoms with E-state index in [2.05, 4.69) is 20.8 Å². The standard InChI is InChI=1S/C19H24O3/c1-13(11-18(21)22)7-6-8-14(2)15-9-10-17(20)16(12-15)19(3,4)5/h6-12,20H,1-5H3,(H,21,22)/b7-6+,13-11+,14-8+. The molecule has 0 aliphatic heterocycles. The van der Waals surface area contributed by atoms with Crippen LogP contribution in [-0.2, 0) is 10.2 Å². The molecule has 22 heavy (non-hydrogen) atoms. The van der Waals surface area contributed by atoms with Gasteiger partial charge in [0.05, 0.1) is 0 Å². The number of carboxylic acid groups (broad SMARTS) is 1. The summed E-state index contributed by atoms with van der Waals surface area (Å²) in [5, 5.41) is 18.6. The van der Waals surface area contributed by atoms with E-state index in [9.17, 15) is 9.90 Å². The van der Waals surface area contributed by atoms with Crippen LogP contribution in [0.5, 0.6) is 5.75 Å². The third kappa shape index (κ3) is 5.24. The van der Waals surface area contributed by atoms with Crippen molar-refractivity contribution in [3.05, 3.63) is 59.2 Å². The number of aromatic hydroxyl groups is 1. The predicted octanol–water partition coefficient (Wildman–Crippen LogP) is 4.68. The molecule has 0 atom stereocenters. The van der Waals surface area contributed by atoms with Crippen LogP contribution >= 0.6 is 0 Å². The molecule has 0 saturated carbocycles. The van der Waals surface area contributed by atoms with E-state index in [1.807, 2.05) is 31.2 Å². The topological polar surface area (TPSA) is 57.5 Å². The van der Waals surface area contributed by atoms with Crippen LogP contribution < -0.4 is 0 Å². The van der Waals surface area contributed by atoms with E-state index in [0.29, 0.717) is 11.3 Å². The molecule has 0 fully saturated rings. The lowest BCUT2D eigenvalue weighted by Gasteiger charge is -2.21. The number of carbonyl (C=O) groups is 1. The smallest absolute Gasteiger partial charge is 0.328 e. The Balaban J connectivity index is 3.04. The summed E-state index contributed by atoms with van der Waals surface area (Å²) in [6.45, 7) is 9.91. The highest BCUT2D eigenvalue weighted by Gasteiger charge is 2.18. The number of rotatable bonds is 4. The van der Waals surface area contributed by atoms with E-state index in [1.54, 1.807) is 19.1 Å². The monoisotopic (exact) mass is 300 g/mol. The zero-order valence-corrected chi connectivity index (χ0v) is 13.8. The van der Waals surface area contributed by atoms with E-state index in [4.69, 9.17) is 5.11 Å². The maximum Gasteiger partial charge on any atom is 0.328 e. The quantitative estimate of drug-likeness (QED) is 0.627. The van der Waals surface area contributed by atoms with Gasteiger partial charge >= 0.3 is 5.97 Å². The first-order valence-electron chi connectivity index (χ1n) is 7.21. The number of phenolic OH excluding ortho intramolecular Hbond substituents is 1. The molecule has 1 aromatic carbocycles. The molecule has 0 saturated heterocycles. The zero-order valence-electron chi connectivity index (χ0n) is 13.8. The van der Waals surface area contributed by atoms with Crippen molar-refractivity contribution < 1.29 is 15.0 Å². The van der Waals surface area contributed by atoms with Gasteiger partial charge in [-0.15, -0.1) is 0 Å². The van der Waals surface area contributed by atoms with Crippen molar-refractivity contribution in [2.24, 2.45) is 0 Å². The fourth-order valence-corrected chi connectivity index (χ4v) is 2.07. The molecule has 2 N–H and O–H groups in total. The van der Waals surface area contributed by atoms with Crippen molar-refractivity contribution >= 4 is 11.5 Å². The van der Waals surface area contributed by atoms with Crippen LogP contribution in [0.1, 0.15) is 45.7 Å². The Morgan fingerprint density at radius 3 is 2.36 bits per heavy atom. The molecule has 118 valence electrons. The van der Waals surface area contributed by atoms with E-state index >= 15 is 0 Å². The highest BCUT2D eigenvalue weighted by Crippen LogP contribution is 2.32. The highest BCUT2D eigenvalue weighted by molar-refractivity contribution is 5.81. The minimum atomic E-state index is -0.948. The second kappa shape index (κ2) is 7.12. The van der Waals surface area contributed by atoms with Crippen LogP contribution in [0.25, 0.3) is 5.57 Å². The first-order valence-corrected chi connectivity index (χ1v) is 7.21. The number of benzene rings is 1. The Hall–Kier alpha value is -2.29. The number of hydrogen-bond acceptors (Lipinski definition) is 2. The van der Waals surface area contributed by atoms with Crippen LogP contribution in [0.2, 0.25) is 0 Å². The maximum absolute atomic E-state index is 10.5. The minimum absolute atomic E-state index is 0.128. The van der Waals surface area contributed by atoms with Crippen molar-refractivity contribution in [3.63, 3.8) is 0 Å². The molecule has 0 unspecified atom stereocenters. The fraction of sp³-hybridized carbons (Fsp3) is 0.316. The third-order valence-electron chi connectivity index (χ3n) is 3.32. The Morgan fingerprint density at radius 2 is 1.82 bits per heavy atom. The highest BCUT2D eigenvalue weighted by atomic mass is 16.4. The average molecular weight is 300 g/mol. The number of hydrogen-bond donors (Lipinski definition) is 2. The first-order chi connectivity index (χ1) is 10.1. The molecule has 1 aromatic rings. The molecule has 0 radical (unpaired) electrons. The summed E-state index contributed by atoms with van der Waals surface area (Å²) in [7, 11) is 0. The van der Waals surface area contributed by atoms with Gasteiger partial charge in [0.25, 0.3) is 0 Å². The summed E-state index contributed by atoms with van der Waals surface area (Å²) < 4.78 is 0. The molecular weight excluding hydrogens is 276 g/mol. The SMILES string of the molecule is CC(/C=C/C=C(\C)c1ccc(O)c(C(C)(C)C)c1)=C\C(=O)O. The molecular formula is C19H24O3. The third-order valence-corrected chi connectivity index (χ3v) is 3.32.